The molecule has 2 aromatic carbocycles. The highest BCUT2D eigenvalue weighted by atomic mass is 19.2. The summed E-state index contributed by atoms with van der Waals surface area (Å²) in [6, 6.07) is 11.0. The summed E-state index contributed by atoms with van der Waals surface area (Å²) < 4.78 is 27.5. The van der Waals surface area contributed by atoms with Crippen LogP contribution in [0.25, 0.3) is 10.8 Å². The summed E-state index contributed by atoms with van der Waals surface area (Å²) in [6.45, 7) is 1.30. The second-order valence-electron chi connectivity index (χ2n) is 6.92. The zero-order chi connectivity index (χ0) is 20.5. The number of urea groups is 1. The molecule has 0 spiro atoms. The first-order valence-electron chi connectivity index (χ1n) is 9.09. The van der Waals surface area contributed by atoms with Crippen LogP contribution < -0.4 is 10.6 Å². The molecule has 1 aliphatic heterocycles. The standard InChI is InChI=1S/C21H18F2N4O2/c1-12(18-8-13-4-2-3-5-14(13)9-24-18)25-19(28)11-27-10-15-17(26-21(27)29)7-6-16(22)20(15)23/h2-9,12H,10-11H2,1H3,(H,25,28)(H,26,29)/t12-/m1/s1. The minimum Gasteiger partial charge on any atom is -0.346 e. The second kappa shape index (κ2) is 7.46. The number of rotatable bonds is 4. The second-order valence-corrected chi connectivity index (χ2v) is 6.92. The van der Waals surface area contributed by atoms with Crippen LogP contribution in [0.15, 0.2) is 48.7 Å². The zero-order valence-electron chi connectivity index (χ0n) is 15.6. The van der Waals surface area contributed by atoms with E-state index in [1.54, 1.807) is 13.1 Å². The molecule has 0 unspecified atom stereocenters. The molecule has 2 N–H and O–H groups in total. The number of nitrogens with one attached hydrogen (secondary N) is 2. The molecule has 1 aromatic heterocycles. The van der Waals surface area contributed by atoms with Gasteiger partial charge in [-0.1, -0.05) is 24.3 Å². The lowest BCUT2D eigenvalue weighted by atomic mass is 10.1. The maximum absolute atomic E-state index is 14.0. The van der Waals surface area contributed by atoms with Gasteiger partial charge in [-0.25, -0.2) is 13.6 Å². The number of amides is 3. The molecule has 0 radical (unpaired) electrons. The maximum Gasteiger partial charge on any atom is 0.322 e. The summed E-state index contributed by atoms with van der Waals surface area (Å²) >= 11 is 0. The Morgan fingerprint density at radius 2 is 2.00 bits per heavy atom. The van der Waals surface area contributed by atoms with Gasteiger partial charge in [-0.05, 0) is 30.5 Å². The van der Waals surface area contributed by atoms with Crippen molar-refractivity contribution < 1.29 is 18.4 Å². The average Bonchev–Trinajstić information content (AvgIpc) is 2.71. The first-order chi connectivity index (χ1) is 13.9. The fourth-order valence-corrected chi connectivity index (χ4v) is 3.32. The number of anilines is 1. The van der Waals surface area contributed by atoms with Crippen molar-refractivity contribution in [2.24, 2.45) is 0 Å². The van der Waals surface area contributed by atoms with Gasteiger partial charge >= 0.3 is 6.03 Å². The Hall–Kier alpha value is -3.55. The summed E-state index contributed by atoms with van der Waals surface area (Å²) in [6.07, 6.45) is 1.74. The first-order valence-corrected chi connectivity index (χ1v) is 9.09. The van der Waals surface area contributed by atoms with E-state index < -0.39 is 23.6 Å². The topological polar surface area (TPSA) is 74.3 Å². The Labute approximate surface area is 165 Å². The molecule has 3 amide bonds. The number of pyridine rings is 1. The zero-order valence-corrected chi connectivity index (χ0v) is 15.6. The summed E-state index contributed by atoms with van der Waals surface area (Å²) in [5, 5.41) is 7.26. The largest absolute Gasteiger partial charge is 0.346 e. The predicted octanol–water partition coefficient (Wildman–Crippen LogP) is 3.74. The van der Waals surface area contributed by atoms with E-state index in [-0.39, 0.29) is 30.4 Å². The number of aromatic nitrogens is 1. The average molecular weight is 396 g/mol. The Bertz CT molecular complexity index is 1120. The Kier molecular flexibility index (Phi) is 4.84. The van der Waals surface area contributed by atoms with Crippen molar-refractivity contribution in [1.29, 1.82) is 0 Å². The minimum absolute atomic E-state index is 0.0154. The summed E-state index contributed by atoms with van der Waals surface area (Å²) in [5.41, 5.74) is 0.902. The van der Waals surface area contributed by atoms with E-state index >= 15 is 0 Å². The SMILES string of the molecule is C[C@@H](NC(=O)CN1Cc2c(ccc(F)c2F)NC1=O)c1cc2ccccc2cn1. The molecular weight excluding hydrogens is 378 g/mol. The van der Waals surface area contributed by atoms with Crippen molar-refractivity contribution >= 4 is 28.4 Å². The molecule has 2 heterocycles. The quantitative estimate of drug-likeness (QED) is 0.706. The van der Waals surface area contributed by atoms with Gasteiger partial charge in [0.1, 0.15) is 6.54 Å². The summed E-state index contributed by atoms with van der Waals surface area (Å²) in [5.74, 6) is -2.45. The Morgan fingerprint density at radius 3 is 2.79 bits per heavy atom. The van der Waals surface area contributed by atoms with Crippen LogP contribution in [0.1, 0.15) is 24.2 Å². The van der Waals surface area contributed by atoms with Crippen molar-refractivity contribution in [1.82, 2.24) is 15.2 Å². The highest BCUT2D eigenvalue weighted by Gasteiger charge is 2.28. The normalized spacial score (nSPS) is 14.3. The number of carbonyl (C=O) groups excluding carboxylic acids is 2. The van der Waals surface area contributed by atoms with Gasteiger partial charge in [-0.15, -0.1) is 0 Å². The number of hydrogen-bond donors (Lipinski definition) is 2. The van der Waals surface area contributed by atoms with E-state index in [4.69, 9.17) is 0 Å². The number of hydrogen-bond acceptors (Lipinski definition) is 3. The van der Waals surface area contributed by atoms with E-state index in [1.807, 2.05) is 30.3 Å². The lowest BCUT2D eigenvalue weighted by Gasteiger charge is -2.29. The van der Waals surface area contributed by atoms with Gasteiger partial charge in [0.25, 0.3) is 0 Å². The molecular formula is C21H18F2N4O2. The van der Waals surface area contributed by atoms with Gasteiger partial charge in [0, 0.05) is 17.1 Å². The van der Waals surface area contributed by atoms with Crippen LogP contribution in [-0.4, -0.2) is 28.4 Å². The molecule has 4 rings (SSSR count). The third kappa shape index (κ3) is 3.73. The smallest absolute Gasteiger partial charge is 0.322 e. The van der Waals surface area contributed by atoms with Crippen molar-refractivity contribution in [3.63, 3.8) is 0 Å². The van der Waals surface area contributed by atoms with Gasteiger partial charge in [-0.3, -0.25) is 9.78 Å². The molecule has 148 valence electrons. The molecule has 1 atom stereocenters. The number of fused-ring (bicyclic) bond motifs is 2. The van der Waals surface area contributed by atoms with E-state index in [2.05, 4.69) is 15.6 Å². The summed E-state index contributed by atoms with van der Waals surface area (Å²) in [4.78, 5) is 30.1. The molecule has 0 bridgehead atoms. The molecule has 3 aromatic rings. The molecule has 0 saturated carbocycles. The van der Waals surface area contributed by atoms with Gasteiger partial charge < -0.3 is 15.5 Å². The number of nitrogens with zero attached hydrogens (tertiary/aromatic N) is 2. The molecule has 0 saturated heterocycles. The van der Waals surface area contributed by atoms with E-state index in [0.29, 0.717) is 5.69 Å². The van der Waals surface area contributed by atoms with Crippen LogP contribution in [0.2, 0.25) is 0 Å². The first kappa shape index (κ1) is 18.8. The highest BCUT2D eigenvalue weighted by Crippen LogP contribution is 2.27. The predicted molar refractivity (Wildman–Crippen MR) is 104 cm³/mol. The Balaban J connectivity index is 1.44. The van der Waals surface area contributed by atoms with Crippen molar-refractivity contribution in [3.05, 3.63) is 71.6 Å². The van der Waals surface area contributed by atoms with Crippen LogP contribution in [-0.2, 0) is 11.3 Å². The van der Waals surface area contributed by atoms with Crippen LogP contribution in [0.4, 0.5) is 19.3 Å². The third-order valence-corrected chi connectivity index (χ3v) is 4.88. The fraction of sp³-hybridized carbons (Fsp3) is 0.190. The summed E-state index contributed by atoms with van der Waals surface area (Å²) in [7, 11) is 0. The van der Waals surface area contributed by atoms with Crippen LogP contribution in [0, 0.1) is 11.6 Å². The van der Waals surface area contributed by atoms with Crippen molar-refractivity contribution in [2.75, 3.05) is 11.9 Å². The van der Waals surface area contributed by atoms with Gasteiger partial charge in [0.15, 0.2) is 11.6 Å². The van der Waals surface area contributed by atoms with Crippen molar-refractivity contribution in [2.45, 2.75) is 19.5 Å². The van der Waals surface area contributed by atoms with E-state index in [9.17, 15) is 18.4 Å². The molecule has 1 aliphatic rings. The lowest BCUT2D eigenvalue weighted by Crippen LogP contribution is -2.45. The highest BCUT2D eigenvalue weighted by molar-refractivity contribution is 5.95. The number of halogens is 2. The van der Waals surface area contributed by atoms with Gasteiger partial charge in [-0.2, -0.15) is 0 Å². The number of benzene rings is 2. The van der Waals surface area contributed by atoms with Gasteiger partial charge in [0.2, 0.25) is 5.91 Å². The van der Waals surface area contributed by atoms with E-state index in [1.165, 1.54) is 6.07 Å². The molecule has 0 aliphatic carbocycles. The van der Waals surface area contributed by atoms with Crippen LogP contribution in [0.5, 0.6) is 0 Å². The molecule has 0 fully saturated rings. The van der Waals surface area contributed by atoms with Gasteiger partial charge in [0.05, 0.1) is 24.0 Å². The third-order valence-electron chi connectivity index (χ3n) is 4.88. The van der Waals surface area contributed by atoms with Crippen LogP contribution in [0.3, 0.4) is 0 Å². The fourth-order valence-electron chi connectivity index (χ4n) is 3.32. The monoisotopic (exact) mass is 396 g/mol. The molecule has 29 heavy (non-hydrogen) atoms. The lowest BCUT2D eigenvalue weighted by molar-refractivity contribution is -0.122. The molecule has 8 heteroatoms. The maximum atomic E-state index is 14.0. The minimum atomic E-state index is -1.03. The number of carbonyl (C=O) groups is 2. The van der Waals surface area contributed by atoms with Crippen molar-refractivity contribution in [3.8, 4) is 0 Å². The van der Waals surface area contributed by atoms with E-state index in [0.717, 1.165) is 21.7 Å². The Morgan fingerprint density at radius 1 is 1.24 bits per heavy atom. The van der Waals surface area contributed by atoms with Crippen LogP contribution >= 0.6 is 0 Å². The molecule has 6 nitrogen and oxygen atoms in total.